The van der Waals surface area contributed by atoms with Gasteiger partial charge in [0, 0.05) is 18.8 Å². The molecule has 2 aliphatic heterocycles. The second-order valence-corrected chi connectivity index (χ2v) is 11.7. The summed E-state index contributed by atoms with van der Waals surface area (Å²) in [4.78, 5) is 13.0. The lowest BCUT2D eigenvalue weighted by atomic mass is 10.1. The van der Waals surface area contributed by atoms with Crippen LogP contribution in [0.1, 0.15) is 5.56 Å². The average Bonchev–Trinajstić information content (AvgIpc) is 2.78. The first-order chi connectivity index (χ1) is 15.6. The summed E-state index contributed by atoms with van der Waals surface area (Å²) in [6.07, 6.45) is -0.000724. The summed E-state index contributed by atoms with van der Waals surface area (Å²) in [7, 11) is -7.28. The summed E-state index contributed by atoms with van der Waals surface area (Å²) in [6.45, 7) is 2.94. The van der Waals surface area contributed by atoms with Crippen molar-refractivity contribution in [1.29, 1.82) is 0 Å². The molecule has 2 aromatic rings. The SMILES string of the molecule is Cc1ccc2c(c1)N(S(C)(=O)=O)CC(C(=O)Nc1ccc(S(=O)(=O)N3CCOCC3)cc1)O2. The van der Waals surface area contributed by atoms with Gasteiger partial charge in [0.15, 0.2) is 6.10 Å². The first-order valence-electron chi connectivity index (χ1n) is 10.3. The van der Waals surface area contributed by atoms with Crippen LogP contribution in [0, 0.1) is 6.92 Å². The van der Waals surface area contributed by atoms with Gasteiger partial charge in [-0.3, -0.25) is 9.10 Å². The van der Waals surface area contributed by atoms with Gasteiger partial charge in [-0.25, -0.2) is 16.8 Å². The van der Waals surface area contributed by atoms with Crippen molar-refractivity contribution in [3.63, 3.8) is 0 Å². The quantitative estimate of drug-likeness (QED) is 0.661. The van der Waals surface area contributed by atoms with Crippen LogP contribution in [0.2, 0.25) is 0 Å². The molecule has 0 bridgehead atoms. The van der Waals surface area contributed by atoms with Crippen LogP contribution in [0.25, 0.3) is 0 Å². The normalized spacial score (nSPS) is 19.5. The summed E-state index contributed by atoms with van der Waals surface area (Å²) in [5, 5.41) is 2.67. The van der Waals surface area contributed by atoms with Gasteiger partial charge in [-0.1, -0.05) is 6.07 Å². The highest BCUT2D eigenvalue weighted by molar-refractivity contribution is 7.92. The fraction of sp³-hybridized carbons (Fsp3) is 0.381. The number of fused-ring (bicyclic) bond motifs is 1. The molecular weight excluding hydrogens is 470 g/mol. The van der Waals surface area contributed by atoms with E-state index in [9.17, 15) is 21.6 Å². The van der Waals surface area contributed by atoms with Gasteiger partial charge in [-0.15, -0.1) is 0 Å². The molecule has 0 saturated carbocycles. The number of morpholine rings is 1. The average molecular weight is 496 g/mol. The Bertz CT molecular complexity index is 1260. The molecule has 0 aromatic heterocycles. The number of amides is 1. The molecule has 10 nitrogen and oxygen atoms in total. The highest BCUT2D eigenvalue weighted by Crippen LogP contribution is 2.36. The maximum Gasteiger partial charge on any atom is 0.267 e. The Morgan fingerprint density at radius 3 is 2.33 bits per heavy atom. The van der Waals surface area contributed by atoms with Gasteiger partial charge in [0.1, 0.15) is 5.75 Å². The summed E-state index contributed by atoms with van der Waals surface area (Å²) >= 11 is 0. The Morgan fingerprint density at radius 2 is 1.70 bits per heavy atom. The molecule has 0 spiro atoms. The number of sulfonamides is 2. The minimum atomic E-state index is -3.65. The Balaban J connectivity index is 1.50. The number of aryl methyl sites for hydroxylation is 1. The zero-order valence-corrected chi connectivity index (χ0v) is 19.9. The van der Waals surface area contributed by atoms with Crippen molar-refractivity contribution in [3.05, 3.63) is 48.0 Å². The number of hydrogen-bond donors (Lipinski definition) is 1. The van der Waals surface area contributed by atoms with E-state index in [1.165, 1.54) is 28.6 Å². The predicted molar refractivity (Wildman–Crippen MR) is 122 cm³/mol. The van der Waals surface area contributed by atoms with Gasteiger partial charge in [0.05, 0.1) is 36.6 Å². The van der Waals surface area contributed by atoms with Crippen molar-refractivity contribution in [3.8, 4) is 5.75 Å². The molecule has 33 heavy (non-hydrogen) atoms. The van der Waals surface area contributed by atoms with Gasteiger partial charge in [-0.05, 0) is 48.9 Å². The second-order valence-electron chi connectivity index (χ2n) is 7.90. The highest BCUT2D eigenvalue weighted by atomic mass is 32.2. The number of ether oxygens (including phenoxy) is 2. The number of carbonyl (C=O) groups is 1. The van der Waals surface area contributed by atoms with E-state index in [0.29, 0.717) is 30.3 Å². The molecule has 1 N–H and O–H groups in total. The predicted octanol–water partition coefficient (Wildman–Crippen LogP) is 1.18. The number of carbonyl (C=O) groups excluding carboxylic acids is 1. The third kappa shape index (κ3) is 4.98. The molecule has 2 aliphatic rings. The zero-order chi connectivity index (χ0) is 23.8. The first-order valence-corrected chi connectivity index (χ1v) is 13.6. The van der Waals surface area contributed by atoms with Crippen LogP contribution in [-0.4, -0.2) is 72.3 Å². The lowest BCUT2D eigenvalue weighted by molar-refractivity contribution is -0.122. The lowest BCUT2D eigenvalue weighted by Crippen LogP contribution is -2.48. The number of anilines is 2. The van der Waals surface area contributed by atoms with E-state index in [1.54, 1.807) is 18.2 Å². The number of nitrogens with zero attached hydrogens (tertiary/aromatic N) is 2. The number of hydrogen-bond acceptors (Lipinski definition) is 7. The smallest absolute Gasteiger partial charge is 0.267 e. The van der Waals surface area contributed by atoms with E-state index < -0.39 is 32.1 Å². The van der Waals surface area contributed by atoms with Crippen LogP contribution >= 0.6 is 0 Å². The standard InChI is InChI=1S/C21H25N3O7S2/c1-15-3-8-19-18(13-15)24(32(2,26)27)14-20(31-19)21(25)22-16-4-6-17(7-5-16)33(28,29)23-9-11-30-12-10-23/h3-8,13,20H,9-12,14H2,1-2H3,(H,22,25). The van der Waals surface area contributed by atoms with E-state index >= 15 is 0 Å². The number of benzene rings is 2. The fourth-order valence-corrected chi connectivity index (χ4v) is 6.00. The molecule has 1 amide bonds. The number of rotatable bonds is 5. The Kier molecular flexibility index (Phi) is 6.36. The molecule has 2 heterocycles. The Labute approximate surface area is 193 Å². The maximum atomic E-state index is 12.8. The van der Waals surface area contributed by atoms with E-state index in [2.05, 4.69) is 5.32 Å². The van der Waals surface area contributed by atoms with Crippen LogP contribution in [0.5, 0.6) is 5.75 Å². The Morgan fingerprint density at radius 1 is 1.03 bits per heavy atom. The van der Waals surface area contributed by atoms with Crippen LogP contribution in [0.15, 0.2) is 47.4 Å². The van der Waals surface area contributed by atoms with Crippen LogP contribution in [0.4, 0.5) is 11.4 Å². The largest absolute Gasteiger partial charge is 0.476 e. The van der Waals surface area contributed by atoms with Crippen molar-refractivity contribution < 1.29 is 31.1 Å². The van der Waals surface area contributed by atoms with Gasteiger partial charge in [-0.2, -0.15) is 4.31 Å². The molecule has 1 unspecified atom stereocenters. The van der Waals surface area contributed by atoms with E-state index in [0.717, 1.165) is 16.1 Å². The van der Waals surface area contributed by atoms with E-state index in [-0.39, 0.29) is 24.5 Å². The topological polar surface area (TPSA) is 122 Å². The van der Waals surface area contributed by atoms with Crippen molar-refractivity contribution >= 4 is 37.3 Å². The van der Waals surface area contributed by atoms with Gasteiger partial charge < -0.3 is 14.8 Å². The molecule has 2 aromatic carbocycles. The second kappa shape index (κ2) is 8.93. The van der Waals surface area contributed by atoms with Crippen LogP contribution < -0.4 is 14.4 Å². The molecule has 1 fully saturated rings. The van der Waals surface area contributed by atoms with Gasteiger partial charge in [0.25, 0.3) is 5.91 Å². The summed E-state index contributed by atoms with van der Waals surface area (Å²) in [5.74, 6) is -0.247. The molecule has 4 rings (SSSR count). The van der Waals surface area contributed by atoms with Crippen molar-refractivity contribution in [2.75, 3.05) is 48.7 Å². The molecule has 12 heteroatoms. The molecule has 1 saturated heterocycles. The number of nitrogens with one attached hydrogen (secondary N) is 1. The van der Waals surface area contributed by atoms with Crippen molar-refractivity contribution in [1.82, 2.24) is 4.31 Å². The van der Waals surface area contributed by atoms with Gasteiger partial charge >= 0.3 is 0 Å². The minimum absolute atomic E-state index is 0.115. The van der Waals surface area contributed by atoms with E-state index in [1.807, 2.05) is 6.92 Å². The van der Waals surface area contributed by atoms with Gasteiger partial charge in [0.2, 0.25) is 20.0 Å². The Hall–Kier alpha value is -2.67. The third-order valence-corrected chi connectivity index (χ3v) is 8.47. The minimum Gasteiger partial charge on any atom is -0.476 e. The third-order valence-electron chi connectivity index (χ3n) is 5.41. The summed E-state index contributed by atoms with van der Waals surface area (Å²) in [6, 6.07) is 10.9. The molecular formula is C21H25N3O7S2. The van der Waals surface area contributed by atoms with Crippen LogP contribution in [0.3, 0.4) is 0 Å². The van der Waals surface area contributed by atoms with Crippen molar-refractivity contribution in [2.24, 2.45) is 0 Å². The van der Waals surface area contributed by atoms with Crippen molar-refractivity contribution in [2.45, 2.75) is 17.9 Å². The maximum absolute atomic E-state index is 12.8. The van der Waals surface area contributed by atoms with E-state index in [4.69, 9.17) is 9.47 Å². The lowest BCUT2D eigenvalue weighted by Gasteiger charge is -2.34. The fourth-order valence-electron chi connectivity index (χ4n) is 3.68. The first kappa shape index (κ1) is 23.5. The highest BCUT2D eigenvalue weighted by Gasteiger charge is 2.35. The van der Waals surface area contributed by atoms with Crippen LogP contribution in [-0.2, 0) is 29.6 Å². The molecule has 0 radical (unpaired) electrons. The zero-order valence-electron chi connectivity index (χ0n) is 18.2. The summed E-state index contributed by atoms with van der Waals surface area (Å²) < 4.78 is 63.6. The molecule has 178 valence electrons. The molecule has 0 aliphatic carbocycles. The summed E-state index contributed by atoms with van der Waals surface area (Å²) in [5.41, 5.74) is 1.62. The molecule has 1 atom stereocenters. The monoisotopic (exact) mass is 495 g/mol.